The van der Waals surface area contributed by atoms with E-state index in [0.717, 1.165) is 11.3 Å². The first-order chi connectivity index (χ1) is 7.91. The predicted octanol–water partition coefficient (Wildman–Crippen LogP) is 2.77. The molecule has 1 rings (SSSR count). The number of carbonyl (C=O) groups is 1. The second-order valence-electron chi connectivity index (χ2n) is 4.62. The Hall–Kier alpha value is -1.51. The third-order valence-corrected chi connectivity index (χ3v) is 3.09. The number of anilines is 1. The van der Waals surface area contributed by atoms with Gasteiger partial charge in [0.15, 0.2) is 0 Å². The Labute approximate surface area is 103 Å². The van der Waals surface area contributed by atoms with Gasteiger partial charge in [-0.15, -0.1) is 0 Å². The topological polar surface area (TPSA) is 29.5 Å². The Morgan fingerprint density at radius 2 is 1.94 bits per heavy atom. The van der Waals surface area contributed by atoms with Crippen LogP contribution in [0.5, 0.6) is 0 Å². The fraction of sp³-hybridized carbons (Fsp3) is 0.500. The van der Waals surface area contributed by atoms with Gasteiger partial charge in [-0.1, -0.05) is 18.2 Å². The van der Waals surface area contributed by atoms with Crippen LogP contribution in [0.15, 0.2) is 24.3 Å². The number of likely N-dealkylation sites (N-methyl/N-ethyl adjacent to an activating group) is 1. The van der Waals surface area contributed by atoms with Gasteiger partial charge >= 0.3 is 5.97 Å². The van der Waals surface area contributed by atoms with Crippen molar-refractivity contribution in [3.63, 3.8) is 0 Å². The number of nitrogens with zero attached hydrogens (tertiary/aromatic N) is 1. The fourth-order valence-electron chi connectivity index (χ4n) is 1.69. The van der Waals surface area contributed by atoms with Crippen LogP contribution >= 0.6 is 0 Å². The van der Waals surface area contributed by atoms with Crippen molar-refractivity contribution in [1.29, 1.82) is 0 Å². The third-order valence-electron chi connectivity index (χ3n) is 3.09. The molecule has 0 aliphatic rings. The molecule has 0 radical (unpaired) electrons. The van der Waals surface area contributed by atoms with Crippen molar-refractivity contribution in [2.45, 2.75) is 33.2 Å². The zero-order valence-electron chi connectivity index (χ0n) is 11.3. The van der Waals surface area contributed by atoms with Crippen LogP contribution < -0.4 is 4.90 Å². The second kappa shape index (κ2) is 5.21. The SMILES string of the molecule is CCOC(=O)C(C)(C)N(C)c1ccccc1C. The van der Waals surface area contributed by atoms with Crippen LogP contribution in [0.2, 0.25) is 0 Å². The summed E-state index contributed by atoms with van der Waals surface area (Å²) in [5.41, 5.74) is 1.53. The maximum atomic E-state index is 11.9. The monoisotopic (exact) mass is 235 g/mol. The van der Waals surface area contributed by atoms with Gasteiger partial charge in [0.05, 0.1) is 6.61 Å². The molecular weight excluding hydrogens is 214 g/mol. The lowest BCUT2D eigenvalue weighted by molar-refractivity contribution is -0.148. The van der Waals surface area contributed by atoms with Gasteiger partial charge in [0.25, 0.3) is 0 Å². The Bertz CT molecular complexity index is 399. The summed E-state index contributed by atoms with van der Waals surface area (Å²) in [4.78, 5) is 13.9. The highest BCUT2D eigenvalue weighted by Gasteiger charge is 2.34. The van der Waals surface area contributed by atoms with E-state index in [1.165, 1.54) is 0 Å². The molecule has 3 nitrogen and oxygen atoms in total. The molecule has 94 valence electrons. The van der Waals surface area contributed by atoms with E-state index in [0.29, 0.717) is 6.61 Å². The molecule has 0 amide bonds. The van der Waals surface area contributed by atoms with Crippen molar-refractivity contribution in [1.82, 2.24) is 0 Å². The van der Waals surface area contributed by atoms with E-state index in [-0.39, 0.29) is 5.97 Å². The van der Waals surface area contributed by atoms with Gasteiger partial charge in [0.1, 0.15) is 5.54 Å². The molecule has 0 fully saturated rings. The molecule has 0 unspecified atom stereocenters. The molecule has 0 spiro atoms. The van der Waals surface area contributed by atoms with Crippen LogP contribution in [-0.2, 0) is 9.53 Å². The summed E-state index contributed by atoms with van der Waals surface area (Å²) < 4.78 is 5.11. The quantitative estimate of drug-likeness (QED) is 0.752. The number of hydrogen-bond donors (Lipinski definition) is 0. The molecule has 0 saturated heterocycles. The van der Waals surface area contributed by atoms with E-state index in [1.807, 2.05) is 63.9 Å². The smallest absolute Gasteiger partial charge is 0.331 e. The van der Waals surface area contributed by atoms with Gasteiger partial charge in [0, 0.05) is 12.7 Å². The Balaban J connectivity index is 3.00. The molecular formula is C14H21NO2. The number of esters is 1. The largest absolute Gasteiger partial charge is 0.464 e. The molecule has 3 heteroatoms. The van der Waals surface area contributed by atoms with Crippen LogP contribution in [0.25, 0.3) is 0 Å². The minimum atomic E-state index is -0.665. The summed E-state index contributed by atoms with van der Waals surface area (Å²) in [5, 5.41) is 0. The zero-order chi connectivity index (χ0) is 13.1. The van der Waals surface area contributed by atoms with Crippen molar-refractivity contribution in [3.8, 4) is 0 Å². The maximum absolute atomic E-state index is 11.9. The highest BCUT2D eigenvalue weighted by Crippen LogP contribution is 2.26. The lowest BCUT2D eigenvalue weighted by Crippen LogP contribution is -2.49. The Kier molecular flexibility index (Phi) is 4.16. The van der Waals surface area contributed by atoms with Gasteiger partial charge in [0.2, 0.25) is 0 Å². The molecule has 17 heavy (non-hydrogen) atoms. The van der Waals surface area contributed by atoms with Gasteiger partial charge in [-0.3, -0.25) is 0 Å². The van der Waals surface area contributed by atoms with E-state index in [4.69, 9.17) is 4.74 Å². The molecule has 0 aliphatic carbocycles. The number of ether oxygens (including phenoxy) is 1. The number of rotatable bonds is 4. The van der Waals surface area contributed by atoms with Gasteiger partial charge in [-0.2, -0.15) is 0 Å². The summed E-state index contributed by atoms with van der Waals surface area (Å²) in [5.74, 6) is -0.203. The molecule has 1 aromatic rings. The molecule has 0 N–H and O–H groups in total. The number of aryl methyl sites for hydroxylation is 1. The van der Waals surface area contributed by atoms with Gasteiger partial charge in [-0.25, -0.2) is 4.79 Å². The minimum absolute atomic E-state index is 0.203. The number of carbonyl (C=O) groups excluding carboxylic acids is 1. The standard InChI is InChI=1S/C14H21NO2/c1-6-17-13(16)14(3,4)15(5)12-10-8-7-9-11(12)2/h7-10H,6H2,1-5H3. The summed E-state index contributed by atoms with van der Waals surface area (Å²) in [7, 11) is 1.92. The lowest BCUT2D eigenvalue weighted by Gasteiger charge is -2.35. The molecule has 0 heterocycles. The maximum Gasteiger partial charge on any atom is 0.331 e. The Morgan fingerprint density at radius 3 is 2.47 bits per heavy atom. The first-order valence-corrected chi connectivity index (χ1v) is 5.88. The van der Waals surface area contributed by atoms with Crippen LogP contribution in [0.3, 0.4) is 0 Å². The molecule has 0 aromatic heterocycles. The van der Waals surface area contributed by atoms with Crippen LogP contribution in [-0.4, -0.2) is 25.2 Å². The van der Waals surface area contributed by atoms with Crippen molar-refractivity contribution < 1.29 is 9.53 Å². The van der Waals surface area contributed by atoms with Crippen LogP contribution in [0.1, 0.15) is 26.3 Å². The van der Waals surface area contributed by atoms with Crippen molar-refractivity contribution in [2.75, 3.05) is 18.6 Å². The van der Waals surface area contributed by atoms with E-state index >= 15 is 0 Å². The average Bonchev–Trinajstić information content (AvgIpc) is 2.29. The highest BCUT2D eigenvalue weighted by atomic mass is 16.5. The highest BCUT2D eigenvalue weighted by molar-refractivity contribution is 5.84. The zero-order valence-corrected chi connectivity index (χ0v) is 11.3. The predicted molar refractivity (Wildman–Crippen MR) is 70.3 cm³/mol. The fourth-order valence-corrected chi connectivity index (χ4v) is 1.69. The molecule has 0 saturated carbocycles. The van der Waals surface area contributed by atoms with Crippen molar-refractivity contribution in [3.05, 3.63) is 29.8 Å². The number of hydrogen-bond acceptors (Lipinski definition) is 3. The average molecular weight is 235 g/mol. The van der Waals surface area contributed by atoms with Crippen molar-refractivity contribution in [2.24, 2.45) is 0 Å². The van der Waals surface area contributed by atoms with E-state index < -0.39 is 5.54 Å². The molecule has 0 atom stereocenters. The van der Waals surface area contributed by atoms with Gasteiger partial charge in [-0.05, 0) is 39.3 Å². The molecule has 0 bridgehead atoms. The minimum Gasteiger partial charge on any atom is -0.464 e. The first kappa shape index (κ1) is 13.6. The van der Waals surface area contributed by atoms with Crippen LogP contribution in [0, 0.1) is 6.92 Å². The third kappa shape index (κ3) is 2.78. The van der Waals surface area contributed by atoms with E-state index in [2.05, 4.69) is 0 Å². The van der Waals surface area contributed by atoms with Crippen LogP contribution in [0.4, 0.5) is 5.69 Å². The second-order valence-corrected chi connectivity index (χ2v) is 4.62. The summed E-state index contributed by atoms with van der Waals surface area (Å²) in [6.45, 7) is 8.01. The van der Waals surface area contributed by atoms with Crippen molar-refractivity contribution >= 4 is 11.7 Å². The van der Waals surface area contributed by atoms with E-state index in [1.54, 1.807) is 0 Å². The normalized spacial score (nSPS) is 11.1. The number of para-hydroxylation sites is 1. The molecule has 0 aliphatic heterocycles. The van der Waals surface area contributed by atoms with Gasteiger partial charge < -0.3 is 9.64 Å². The summed E-state index contributed by atoms with van der Waals surface area (Å²) >= 11 is 0. The number of benzene rings is 1. The summed E-state index contributed by atoms with van der Waals surface area (Å²) in [6.07, 6.45) is 0. The lowest BCUT2D eigenvalue weighted by atomic mass is 10.0. The first-order valence-electron chi connectivity index (χ1n) is 5.88. The molecule has 1 aromatic carbocycles. The van der Waals surface area contributed by atoms with E-state index in [9.17, 15) is 4.79 Å². The summed E-state index contributed by atoms with van der Waals surface area (Å²) in [6, 6.07) is 8.01. The Morgan fingerprint density at radius 1 is 1.35 bits per heavy atom.